The number of carbonyl (C=O) groups excluding carboxylic acids is 1. The Hall–Kier alpha value is -1.14. The summed E-state index contributed by atoms with van der Waals surface area (Å²) in [4.78, 5) is 22.6. The molecule has 1 aliphatic rings. The number of carboxylic acid groups (broad SMARTS) is 1. The molecule has 1 amide bonds. The van der Waals surface area contributed by atoms with Crippen LogP contribution in [0.15, 0.2) is 0 Å². The molecule has 1 fully saturated rings. The highest BCUT2D eigenvalue weighted by Gasteiger charge is 2.37. The quantitative estimate of drug-likeness (QED) is 0.511. The average Bonchev–Trinajstić information content (AvgIpc) is 2.31. The van der Waals surface area contributed by atoms with Gasteiger partial charge in [-0.1, -0.05) is 0 Å². The Morgan fingerprint density at radius 2 is 2.00 bits per heavy atom. The Balaban J connectivity index is 0.00000144. The van der Waals surface area contributed by atoms with E-state index in [4.69, 9.17) is 10.2 Å². The number of likely N-dealkylation sites (tertiary alicyclic amines) is 1. The van der Waals surface area contributed by atoms with E-state index in [2.05, 4.69) is 0 Å². The average molecular weight is 191 g/mol. The van der Waals surface area contributed by atoms with E-state index < -0.39 is 18.1 Å². The van der Waals surface area contributed by atoms with Crippen molar-refractivity contribution in [3.63, 3.8) is 0 Å². The highest BCUT2D eigenvalue weighted by molar-refractivity contribution is 5.83. The Labute approximate surface area is 75.1 Å². The first-order chi connectivity index (χ1) is 5.52. The minimum absolute atomic E-state index is 0. The van der Waals surface area contributed by atoms with Crippen molar-refractivity contribution in [1.29, 1.82) is 0 Å². The lowest BCUT2D eigenvalue weighted by atomic mass is 10.2. The van der Waals surface area contributed by atoms with Crippen LogP contribution in [0.2, 0.25) is 0 Å². The first-order valence-electron chi connectivity index (χ1n) is 3.70. The van der Waals surface area contributed by atoms with Gasteiger partial charge >= 0.3 is 5.97 Å². The summed E-state index contributed by atoms with van der Waals surface area (Å²) in [6.07, 6.45) is -0.565. The number of carboxylic acids is 1. The third-order valence-electron chi connectivity index (χ3n) is 1.97. The molecule has 0 aliphatic carbocycles. The molecule has 13 heavy (non-hydrogen) atoms. The van der Waals surface area contributed by atoms with Gasteiger partial charge in [0.25, 0.3) is 0 Å². The molecule has 76 valence electrons. The molecule has 1 aliphatic heterocycles. The molecular formula is C7H13NO5. The van der Waals surface area contributed by atoms with Crippen LogP contribution in [0.3, 0.4) is 0 Å². The van der Waals surface area contributed by atoms with Crippen LogP contribution in [-0.2, 0) is 9.59 Å². The Morgan fingerprint density at radius 1 is 1.46 bits per heavy atom. The normalized spacial score (nSPS) is 26.8. The van der Waals surface area contributed by atoms with Gasteiger partial charge in [-0.3, -0.25) is 4.79 Å². The van der Waals surface area contributed by atoms with Gasteiger partial charge < -0.3 is 20.6 Å². The van der Waals surface area contributed by atoms with Crippen molar-refractivity contribution in [2.24, 2.45) is 0 Å². The van der Waals surface area contributed by atoms with E-state index in [1.54, 1.807) is 0 Å². The van der Waals surface area contributed by atoms with Crippen molar-refractivity contribution >= 4 is 11.9 Å². The van der Waals surface area contributed by atoms with Crippen molar-refractivity contribution in [1.82, 2.24) is 4.90 Å². The number of aliphatic carboxylic acids is 1. The lowest BCUT2D eigenvalue weighted by Gasteiger charge is -2.18. The van der Waals surface area contributed by atoms with Gasteiger partial charge in [-0.25, -0.2) is 4.79 Å². The maximum atomic E-state index is 10.9. The van der Waals surface area contributed by atoms with E-state index in [0.29, 0.717) is 0 Å². The molecule has 0 unspecified atom stereocenters. The summed E-state index contributed by atoms with van der Waals surface area (Å²) in [5, 5.41) is 17.8. The van der Waals surface area contributed by atoms with Crippen LogP contribution in [-0.4, -0.2) is 51.2 Å². The van der Waals surface area contributed by atoms with E-state index >= 15 is 0 Å². The van der Waals surface area contributed by atoms with Crippen LogP contribution in [0.5, 0.6) is 0 Å². The molecule has 0 bridgehead atoms. The minimum atomic E-state index is -1.05. The molecule has 6 nitrogen and oxygen atoms in total. The largest absolute Gasteiger partial charge is 0.480 e. The van der Waals surface area contributed by atoms with Gasteiger partial charge in [0.15, 0.2) is 0 Å². The molecule has 0 radical (unpaired) electrons. The lowest BCUT2D eigenvalue weighted by molar-refractivity contribution is -0.147. The number of aliphatic hydroxyl groups excluding tert-OH is 1. The number of nitrogens with zero attached hydrogens (tertiary/aromatic N) is 1. The summed E-state index contributed by atoms with van der Waals surface area (Å²) in [6, 6.07) is -0.850. The van der Waals surface area contributed by atoms with Crippen LogP contribution in [0.25, 0.3) is 0 Å². The van der Waals surface area contributed by atoms with Crippen LogP contribution in [0.1, 0.15) is 13.3 Å². The van der Waals surface area contributed by atoms with Gasteiger partial charge in [-0.15, -0.1) is 0 Å². The highest BCUT2D eigenvalue weighted by Crippen LogP contribution is 2.17. The second kappa shape index (κ2) is 4.20. The second-order valence-corrected chi connectivity index (χ2v) is 2.91. The van der Waals surface area contributed by atoms with Gasteiger partial charge in [0.2, 0.25) is 5.91 Å². The predicted molar refractivity (Wildman–Crippen MR) is 43.0 cm³/mol. The fourth-order valence-corrected chi connectivity index (χ4v) is 1.40. The number of β-amino-alcohol motifs (C(OH)–C–C–N with tert-alkyl or cyclic N) is 1. The van der Waals surface area contributed by atoms with Gasteiger partial charge in [0.05, 0.1) is 6.10 Å². The van der Waals surface area contributed by atoms with Crippen molar-refractivity contribution in [2.75, 3.05) is 6.54 Å². The molecule has 0 aromatic rings. The monoisotopic (exact) mass is 191 g/mol. The summed E-state index contributed by atoms with van der Waals surface area (Å²) in [7, 11) is 0. The smallest absolute Gasteiger partial charge is 0.326 e. The topological polar surface area (TPSA) is 109 Å². The maximum absolute atomic E-state index is 10.9. The van der Waals surface area contributed by atoms with Crippen LogP contribution in [0.4, 0.5) is 0 Å². The zero-order valence-corrected chi connectivity index (χ0v) is 7.23. The zero-order chi connectivity index (χ0) is 9.30. The van der Waals surface area contributed by atoms with E-state index in [-0.39, 0.29) is 24.3 Å². The summed E-state index contributed by atoms with van der Waals surface area (Å²) in [5.41, 5.74) is 0. The first-order valence-corrected chi connectivity index (χ1v) is 3.70. The molecule has 4 N–H and O–H groups in total. The third kappa shape index (κ3) is 2.40. The predicted octanol–water partition coefficient (Wildman–Crippen LogP) is -1.77. The van der Waals surface area contributed by atoms with Crippen molar-refractivity contribution in [3.8, 4) is 0 Å². The Kier molecular flexibility index (Phi) is 3.83. The summed E-state index contributed by atoms with van der Waals surface area (Å²) in [5.74, 6) is -1.36. The molecule has 0 aromatic heterocycles. The zero-order valence-electron chi connectivity index (χ0n) is 7.23. The lowest BCUT2D eigenvalue weighted by Crippen LogP contribution is -2.39. The van der Waals surface area contributed by atoms with E-state index in [1.807, 2.05) is 0 Å². The van der Waals surface area contributed by atoms with Gasteiger partial charge in [-0.05, 0) is 0 Å². The Morgan fingerprint density at radius 3 is 2.31 bits per heavy atom. The van der Waals surface area contributed by atoms with Crippen LogP contribution >= 0.6 is 0 Å². The SMILES string of the molecule is CC(=O)N1C[C@H](O)C[C@H]1C(=O)O.O. The molecule has 1 saturated heterocycles. The number of hydrogen-bond donors (Lipinski definition) is 2. The standard InChI is InChI=1S/C7H11NO4.H2O/c1-4(9)8-3-5(10)2-6(8)7(11)12;/h5-6,10H,2-3H2,1H3,(H,11,12);1H2/t5-,6+;/m1./s1. The van der Waals surface area contributed by atoms with Gasteiger partial charge in [0, 0.05) is 19.9 Å². The molecule has 2 atom stereocenters. The summed E-state index contributed by atoms with van der Waals surface area (Å²) >= 11 is 0. The molecular weight excluding hydrogens is 178 g/mol. The van der Waals surface area contributed by atoms with Crippen molar-refractivity contribution < 1.29 is 25.3 Å². The van der Waals surface area contributed by atoms with E-state index in [1.165, 1.54) is 11.8 Å². The summed E-state index contributed by atoms with van der Waals surface area (Å²) in [6.45, 7) is 1.43. The van der Waals surface area contributed by atoms with Crippen LogP contribution in [0, 0.1) is 0 Å². The van der Waals surface area contributed by atoms with Crippen molar-refractivity contribution in [2.45, 2.75) is 25.5 Å². The summed E-state index contributed by atoms with van der Waals surface area (Å²) < 4.78 is 0. The number of rotatable bonds is 1. The first kappa shape index (κ1) is 11.9. The fraction of sp³-hybridized carbons (Fsp3) is 0.714. The minimum Gasteiger partial charge on any atom is -0.480 e. The molecule has 0 spiro atoms. The highest BCUT2D eigenvalue weighted by atomic mass is 16.4. The third-order valence-corrected chi connectivity index (χ3v) is 1.97. The number of carbonyl (C=O) groups is 2. The molecule has 6 heteroatoms. The molecule has 1 heterocycles. The molecule has 0 aromatic carbocycles. The number of amides is 1. The second-order valence-electron chi connectivity index (χ2n) is 2.91. The Bertz CT molecular complexity index is 195. The molecule has 1 rings (SSSR count). The fourth-order valence-electron chi connectivity index (χ4n) is 1.40. The van der Waals surface area contributed by atoms with E-state index in [9.17, 15) is 9.59 Å². The van der Waals surface area contributed by atoms with Gasteiger partial charge in [-0.2, -0.15) is 0 Å². The number of hydrogen-bond acceptors (Lipinski definition) is 3. The molecule has 0 saturated carbocycles. The maximum Gasteiger partial charge on any atom is 0.326 e. The van der Waals surface area contributed by atoms with Crippen LogP contribution < -0.4 is 0 Å². The van der Waals surface area contributed by atoms with Crippen molar-refractivity contribution in [3.05, 3.63) is 0 Å². The van der Waals surface area contributed by atoms with E-state index in [0.717, 1.165) is 0 Å². The van der Waals surface area contributed by atoms with Gasteiger partial charge in [0.1, 0.15) is 6.04 Å². The number of aliphatic hydroxyl groups is 1.